The smallest absolute Gasteiger partial charge is 0.241 e. The Bertz CT molecular complexity index is 1980. The van der Waals surface area contributed by atoms with Crippen LogP contribution in [0.15, 0.2) is 84.5 Å². The second kappa shape index (κ2) is 13.0. The minimum atomic E-state index is -1.16. The number of rotatable bonds is 7. The Balaban J connectivity index is 1.18. The maximum absolute atomic E-state index is 14.6. The van der Waals surface area contributed by atoms with Crippen LogP contribution >= 0.6 is 0 Å². The third-order valence-electron chi connectivity index (χ3n) is 11.8. The Morgan fingerprint density at radius 1 is 0.808 bits per heavy atom. The Morgan fingerprint density at radius 3 is 2.10 bits per heavy atom. The zero-order chi connectivity index (χ0) is 36.3. The first kappa shape index (κ1) is 33.7. The minimum absolute atomic E-state index is 0.132. The second-order valence-electron chi connectivity index (χ2n) is 14.3. The maximum Gasteiger partial charge on any atom is 0.241 e. The molecule has 52 heavy (non-hydrogen) atoms. The Hall–Kier alpha value is -5.42. The summed E-state index contributed by atoms with van der Waals surface area (Å²) in [5, 5.41) is 10.5. The number of morpholine rings is 1. The van der Waals surface area contributed by atoms with Crippen molar-refractivity contribution in [2.75, 3.05) is 55.2 Å². The number of allylic oxidation sites excluding steroid dienone is 3. The highest BCUT2D eigenvalue weighted by molar-refractivity contribution is 6.25. The van der Waals surface area contributed by atoms with E-state index in [1.54, 1.807) is 36.4 Å². The van der Waals surface area contributed by atoms with Gasteiger partial charge in [0.05, 0.1) is 62.0 Å². The zero-order valence-corrected chi connectivity index (χ0v) is 29.4. The number of ether oxygens (including phenoxy) is 3. The molecular formula is C41H41N3O8. The molecule has 3 aromatic rings. The molecule has 8 rings (SSSR count). The summed E-state index contributed by atoms with van der Waals surface area (Å²) in [4.78, 5) is 62.3. The number of carbonyl (C=O) groups excluding carboxylic acids is 4. The number of para-hydroxylation sites is 1. The van der Waals surface area contributed by atoms with Gasteiger partial charge in [-0.25, -0.2) is 4.90 Å². The van der Waals surface area contributed by atoms with E-state index in [0.717, 1.165) is 24.4 Å². The van der Waals surface area contributed by atoms with Gasteiger partial charge >= 0.3 is 0 Å². The van der Waals surface area contributed by atoms with Gasteiger partial charge in [-0.05, 0) is 79.8 Å². The predicted molar refractivity (Wildman–Crippen MR) is 194 cm³/mol. The maximum atomic E-state index is 14.6. The van der Waals surface area contributed by atoms with Crippen LogP contribution in [0.25, 0.3) is 6.08 Å². The van der Waals surface area contributed by atoms with Gasteiger partial charge in [-0.3, -0.25) is 24.1 Å². The number of benzene rings is 3. The molecule has 5 aliphatic rings. The van der Waals surface area contributed by atoms with Crippen LogP contribution in [0.4, 0.5) is 17.1 Å². The fourth-order valence-corrected chi connectivity index (χ4v) is 9.15. The average molecular weight is 704 g/mol. The van der Waals surface area contributed by atoms with Gasteiger partial charge in [0.25, 0.3) is 0 Å². The molecule has 3 saturated heterocycles. The lowest BCUT2D eigenvalue weighted by Crippen LogP contribution is -2.49. The summed E-state index contributed by atoms with van der Waals surface area (Å²) in [6, 6.07) is 19.8. The van der Waals surface area contributed by atoms with Gasteiger partial charge in [-0.1, -0.05) is 42.0 Å². The van der Waals surface area contributed by atoms with Gasteiger partial charge in [0.2, 0.25) is 29.4 Å². The molecule has 11 nitrogen and oxygen atoms in total. The van der Waals surface area contributed by atoms with Crippen molar-refractivity contribution >= 4 is 46.8 Å². The molecule has 0 spiro atoms. The van der Waals surface area contributed by atoms with Gasteiger partial charge < -0.3 is 24.2 Å². The van der Waals surface area contributed by atoms with E-state index in [9.17, 15) is 24.3 Å². The molecule has 3 aromatic carbocycles. The van der Waals surface area contributed by atoms with Gasteiger partial charge in [0, 0.05) is 24.7 Å². The number of phenols is 1. The summed E-state index contributed by atoms with van der Waals surface area (Å²) in [5.41, 5.74) is 2.40. The number of methoxy groups -OCH3 is 2. The minimum Gasteiger partial charge on any atom is -0.502 e. The summed E-state index contributed by atoms with van der Waals surface area (Å²) in [6.07, 6.45) is 6.39. The van der Waals surface area contributed by atoms with Crippen LogP contribution in [0.5, 0.6) is 17.2 Å². The number of hydrogen-bond donors (Lipinski definition) is 1. The van der Waals surface area contributed by atoms with Crippen molar-refractivity contribution in [1.29, 1.82) is 0 Å². The molecule has 11 heteroatoms. The summed E-state index contributed by atoms with van der Waals surface area (Å²) in [5.74, 6) is -3.80. The first-order valence-corrected chi connectivity index (χ1v) is 17.7. The fraction of sp³-hybridized carbons (Fsp3) is 0.366. The van der Waals surface area contributed by atoms with Crippen molar-refractivity contribution in [2.24, 2.45) is 35.0 Å². The number of imide groups is 2. The molecule has 1 N–H and O–H groups in total. The van der Waals surface area contributed by atoms with Crippen LogP contribution in [0, 0.1) is 35.0 Å². The van der Waals surface area contributed by atoms with Gasteiger partial charge in [-0.2, -0.15) is 0 Å². The number of hydrogen-bond acceptors (Lipinski definition) is 9. The normalized spacial score (nSPS) is 28.6. The lowest BCUT2D eigenvalue weighted by atomic mass is 9.52. The van der Waals surface area contributed by atoms with E-state index >= 15 is 0 Å². The molecule has 4 fully saturated rings. The molecule has 4 amide bonds. The van der Waals surface area contributed by atoms with E-state index in [4.69, 9.17) is 14.2 Å². The van der Waals surface area contributed by atoms with Crippen LogP contribution in [-0.2, 0) is 23.9 Å². The molecule has 1 saturated carbocycles. The first-order valence-electron chi connectivity index (χ1n) is 17.7. The molecule has 0 bridgehead atoms. The predicted octanol–water partition coefficient (Wildman–Crippen LogP) is 5.23. The number of aromatic hydroxyl groups is 1. The summed E-state index contributed by atoms with van der Waals surface area (Å²) < 4.78 is 16.2. The monoisotopic (exact) mass is 703 g/mol. The molecule has 0 radical (unpaired) electrons. The number of nitrogens with zero attached hydrogens (tertiary/aromatic N) is 3. The lowest BCUT2D eigenvalue weighted by Gasteiger charge is -2.47. The fourth-order valence-electron chi connectivity index (χ4n) is 9.15. The zero-order valence-electron chi connectivity index (χ0n) is 29.4. The van der Waals surface area contributed by atoms with Crippen molar-refractivity contribution in [3.8, 4) is 17.2 Å². The largest absolute Gasteiger partial charge is 0.502 e. The summed E-state index contributed by atoms with van der Waals surface area (Å²) in [6.45, 7) is 4.69. The standard InChI is InChI=1S/C41H41N3O8/c1-41-31(16-9-24-21-33(50-2)36(45)34(22-24)51-3)28-14-15-29-35(30(28)23-32(41)38(47)44(40(41)49)26-7-5-4-6-8-26)39(48)43(37(29)46)27-12-10-25(11-13-27)42-17-19-52-20-18-42/h4-14,16,21-22,29-32,35,45H,15,17-20,23H2,1-3H3. The molecule has 6 unspecified atom stereocenters. The molecule has 3 heterocycles. The van der Waals surface area contributed by atoms with Crippen LogP contribution in [0.3, 0.4) is 0 Å². The van der Waals surface area contributed by atoms with E-state index in [1.807, 2.05) is 55.5 Å². The van der Waals surface area contributed by atoms with E-state index in [1.165, 1.54) is 24.0 Å². The Morgan fingerprint density at radius 2 is 1.44 bits per heavy atom. The van der Waals surface area contributed by atoms with Crippen molar-refractivity contribution in [3.05, 3.63) is 90.0 Å². The number of anilines is 3. The van der Waals surface area contributed by atoms with Crippen molar-refractivity contribution in [1.82, 2.24) is 0 Å². The Kier molecular flexibility index (Phi) is 8.41. The molecule has 3 aliphatic heterocycles. The summed E-state index contributed by atoms with van der Waals surface area (Å²) >= 11 is 0. The topological polar surface area (TPSA) is 126 Å². The first-order chi connectivity index (χ1) is 25.2. The van der Waals surface area contributed by atoms with E-state index < -0.39 is 35.0 Å². The van der Waals surface area contributed by atoms with Crippen LogP contribution in [0.2, 0.25) is 0 Å². The van der Waals surface area contributed by atoms with E-state index in [2.05, 4.69) is 4.90 Å². The molecule has 6 atom stereocenters. The molecule has 2 aliphatic carbocycles. The highest BCUT2D eigenvalue weighted by atomic mass is 16.5. The number of carbonyl (C=O) groups is 4. The quantitative estimate of drug-likeness (QED) is 0.260. The van der Waals surface area contributed by atoms with E-state index in [-0.39, 0.29) is 47.3 Å². The lowest BCUT2D eigenvalue weighted by molar-refractivity contribution is -0.132. The van der Waals surface area contributed by atoms with Crippen molar-refractivity contribution in [2.45, 2.75) is 19.8 Å². The SMILES string of the molecule is COc1cc(C=CC2C3=CCC4C(=O)N(c5ccc(N6CCOCC6)cc5)C(=O)C4C3CC3C(=O)N(c4ccccc4)C(=O)C23C)cc(OC)c1O. The molecule has 0 aromatic heterocycles. The average Bonchev–Trinajstić information content (AvgIpc) is 3.54. The van der Waals surface area contributed by atoms with Crippen LogP contribution in [0.1, 0.15) is 25.3 Å². The van der Waals surface area contributed by atoms with Gasteiger partial charge in [0.1, 0.15) is 0 Å². The van der Waals surface area contributed by atoms with Gasteiger partial charge in [0.15, 0.2) is 11.5 Å². The number of fused-ring (bicyclic) bond motifs is 4. The molecule has 268 valence electrons. The highest BCUT2D eigenvalue weighted by Crippen LogP contribution is 2.61. The number of amides is 4. The molecular weight excluding hydrogens is 662 g/mol. The third kappa shape index (κ3) is 5.12. The highest BCUT2D eigenvalue weighted by Gasteiger charge is 2.67. The second-order valence-corrected chi connectivity index (χ2v) is 14.3. The third-order valence-corrected chi connectivity index (χ3v) is 11.8. The van der Waals surface area contributed by atoms with Crippen LogP contribution in [-0.4, -0.2) is 69.3 Å². The van der Waals surface area contributed by atoms with Gasteiger partial charge in [-0.15, -0.1) is 0 Å². The van der Waals surface area contributed by atoms with Crippen LogP contribution < -0.4 is 24.2 Å². The number of phenolic OH excluding ortho intramolecular Hbond substituents is 1. The van der Waals surface area contributed by atoms with E-state index in [0.29, 0.717) is 36.6 Å². The van der Waals surface area contributed by atoms with Crippen molar-refractivity contribution in [3.63, 3.8) is 0 Å². The van der Waals surface area contributed by atoms with Crippen molar-refractivity contribution < 1.29 is 38.5 Å². The summed E-state index contributed by atoms with van der Waals surface area (Å²) in [7, 11) is 2.90. The Labute approximate surface area is 302 Å².